The standard InChI is InChI=1S/C8H9BrClNS/c1-6(10)4-11-5-7-2-3-8(9)12-7/h2-3,11H,1,4-5H2. The average molecular weight is 267 g/mol. The van der Waals surface area contributed by atoms with E-state index in [9.17, 15) is 0 Å². The van der Waals surface area contributed by atoms with E-state index in [1.807, 2.05) is 6.07 Å². The topological polar surface area (TPSA) is 12.0 Å². The maximum Gasteiger partial charge on any atom is 0.0701 e. The summed E-state index contributed by atoms with van der Waals surface area (Å²) in [6.45, 7) is 5.10. The van der Waals surface area contributed by atoms with Crippen LogP contribution in [-0.4, -0.2) is 6.54 Å². The van der Waals surface area contributed by atoms with Gasteiger partial charge in [0, 0.05) is 23.0 Å². The highest BCUT2D eigenvalue weighted by Gasteiger charge is 1.96. The van der Waals surface area contributed by atoms with Crippen molar-refractivity contribution in [2.24, 2.45) is 0 Å². The molecule has 0 aliphatic rings. The second-order valence-corrected chi connectivity index (χ2v) is 5.41. The quantitative estimate of drug-likeness (QED) is 0.881. The van der Waals surface area contributed by atoms with Crippen molar-refractivity contribution in [3.63, 3.8) is 0 Å². The van der Waals surface area contributed by atoms with Crippen LogP contribution in [0, 0.1) is 0 Å². The second-order valence-electron chi connectivity index (χ2n) is 2.33. The average Bonchev–Trinajstić information content (AvgIpc) is 2.35. The van der Waals surface area contributed by atoms with Gasteiger partial charge >= 0.3 is 0 Å². The Labute approximate surface area is 89.6 Å². The molecular weight excluding hydrogens is 258 g/mol. The zero-order valence-electron chi connectivity index (χ0n) is 6.44. The zero-order chi connectivity index (χ0) is 8.97. The summed E-state index contributed by atoms with van der Waals surface area (Å²) in [6, 6.07) is 4.12. The molecule has 1 N–H and O–H groups in total. The number of halogens is 2. The van der Waals surface area contributed by atoms with Crippen molar-refractivity contribution < 1.29 is 0 Å². The maximum atomic E-state index is 5.59. The molecule has 0 aromatic carbocycles. The Morgan fingerprint density at radius 3 is 2.92 bits per heavy atom. The molecule has 4 heteroatoms. The minimum absolute atomic E-state index is 0.644. The van der Waals surface area contributed by atoms with E-state index < -0.39 is 0 Å². The summed E-state index contributed by atoms with van der Waals surface area (Å²) in [5, 5.41) is 3.82. The Kier molecular flexibility index (Phi) is 4.29. The second kappa shape index (κ2) is 5.02. The first kappa shape index (κ1) is 10.3. The van der Waals surface area contributed by atoms with Crippen LogP contribution in [0.2, 0.25) is 0 Å². The van der Waals surface area contributed by atoms with Gasteiger partial charge in [0.15, 0.2) is 0 Å². The monoisotopic (exact) mass is 265 g/mol. The summed E-state index contributed by atoms with van der Waals surface area (Å²) >= 11 is 10.7. The largest absolute Gasteiger partial charge is 0.307 e. The van der Waals surface area contributed by atoms with Crippen molar-refractivity contribution in [3.05, 3.63) is 32.4 Å². The molecular formula is C8H9BrClNS. The lowest BCUT2D eigenvalue weighted by atomic mass is 10.4. The number of rotatable bonds is 4. The van der Waals surface area contributed by atoms with Gasteiger partial charge in [0.25, 0.3) is 0 Å². The van der Waals surface area contributed by atoms with Gasteiger partial charge in [-0.25, -0.2) is 0 Å². The summed E-state index contributed by atoms with van der Waals surface area (Å²) in [5.41, 5.74) is 0. The first-order valence-electron chi connectivity index (χ1n) is 3.46. The van der Waals surface area contributed by atoms with Crippen molar-refractivity contribution in [2.75, 3.05) is 6.54 Å². The molecule has 12 heavy (non-hydrogen) atoms. The normalized spacial score (nSPS) is 10.2. The van der Waals surface area contributed by atoms with Gasteiger partial charge in [0.05, 0.1) is 3.79 Å². The number of nitrogens with one attached hydrogen (secondary N) is 1. The number of hydrogen-bond donors (Lipinski definition) is 1. The molecule has 0 unspecified atom stereocenters. The first-order chi connectivity index (χ1) is 5.68. The summed E-state index contributed by atoms with van der Waals surface area (Å²) in [7, 11) is 0. The van der Waals surface area contributed by atoms with Gasteiger partial charge < -0.3 is 5.32 Å². The van der Waals surface area contributed by atoms with Crippen molar-refractivity contribution in [1.29, 1.82) is 0 Å². The van der Waals surface area contributed by atoms with Crippen LogP contribution in [0.3, 0.4) is 0 Å². The highest BCUT2D eigenvalue weighted by atomic mass is 79.9. The molecule has 1 nitrogen and oxygen atoms in total. The van der Waals surface area contributed by atoms with E-state index in [2.05, 4.69) is 33.9 Å². The van der Waals surface area contributed by atoms with Crippen LogP contribution >= 0.6 is 38.9 Å². The molecule has 0 saturated heterocycles. The fourth-order valence-electron chi connectivity index (χ4n) is 0.768. The molecule has 0 fully saturated rings. The molecule has 1 rings (SSSR count). The van der Waals surface area contributed by atoms with Crippen LogP contribution < -0.4 is 5.32 Å². The maximum absolute atomic E-state index is 5.59. The molecule has 1 aromatic rings. The van der Waals surface area contributed by atoms with E-state index in [1.54, 1.807) is 11.3 Å². The third-order valence-electron chi connectivity index (χ3n) is 1.24. The molecule has 66 valence electrons. The van der Waals surface area contributed by atoms with E-state index in [-0.39, 0.29) is 0 Å². The predicted octanol–water partition coefficient (Wildman–Crippen LogP) is 3.35. The first-order valence-corrected chi connectivity index (χ1v) is 5.45. The Morgan fingerprint density at radius 2 is 2.42 bits per heavy atom. The minimum atomic E-state index is 0.644. The minimum Gasteiger partial charge on any atom is -0.307 e. The smallest absolute Gasteiger partial charge is 0.0701 e. The molecule has 0 aliphatic heterocycles. The third kappa shape index (κ3) is 3.72. The van der Waals surface area contributed by atoms with Gasteiger partial charge in [-0.3, -0.25) is 0 Å². The fraction of sp³-hybridized carbons (Fsp3) is 0.250. The van der Waals surface area contributed by atoms with Crippen LogP contribution in [0.25, 0.3) is 0 Å². The van der Waals surface area contributed by atoms with Gasteiger partial charge in [-0.15, -0.1) is 11.3 Å². The lowest BCUT2D eigenvalue weighted by Crippen LogP contribution is -2.13. The Bertz CT molecular complexity index is 272. The van der Waals surface area contributed by atoms with Crippen molar-refractivity contribution in [2.45, 2.75) is 6.54 Å². The van der Waals surface area contributed by atoms with E-state index in [0.29, 0.717) is 11.6 Å². The highest BCUT2D eigenvalue weighted by Crippen LogP contribution is 2.21. The number of hydrogen-bond acceptors (Lipinski definition) is 2. The van der Waals surface area contributed by atoms with Gasteiger partial charge in [-0.1, -0.05) is 18.2 Å². The van der Waals surface area contributed by atoms with Gasteiger partial charge in [-0.2, -0.15) is 0 Å². The highest BCUT2D eigenvalue weighted by molar-refractivity contribution is 9.11. The fourth-order valence-corrected chi connectivity index (χ4v) is 2.32. The van der Waals surface area contributed by atoms with E-state index in [0.717, 1.165) is 10.3 Å². The van der Waals surface area contributed by atoms with Crippen molar-refractivity contribution >= 4 is 38.9 Å². The van der Waals surface area contributed by atoms with Gasteiger partial charge in [0.2, 0.25) is 0 Å². The molecule has 0 bridgehead atoms. The molecule has 0 spiro atoms. The predicted molar refractivity (Wildman–Crippen MR) is 58.7 cm³/mol. The molecule has 0 aliphatic carbocycles. The SMILES string of the molecule is C=C(Cl)CNCc1ccc(Br)s1. The lowest BCUT2D eigenvalue weighted by Gasteiger charge is -1.99. The molecule has 0 radical (unpaired) electrons. The third-order valence-corrected chi connectivity index (χ3v) is 3.00. The Hall–Kier alpha value is 0.170. The van der Waals surface area contributed by atoms with Crippen LogP contribution in [-0.2, 0) is 6.54 Å². The Morgan fingerprint density at radius 1 is 1.67 bits per heavy atom. The van der Waals surface area contributed by atoms with Gasteiger partial charge in [-0.05, 0) is 28.1 Å². The van der Waals surface area contributed by atoms with Crippen LogP contribution in [0.4, 0.5) is 0 Å². The number of thiophene rings is 1. The molecule has 1 aromatic heterocycles. The summed E-state index contributed by atoms with van der Waals surface area (Å²) in [6.07, 6.45) is 0. The van der Waals surface area contributed by atoms with E-state index in [4.69, 9.17) is 11.6 Å². The van der Waals surface area contributed by atoms with Crippen molar-refractivity contribution in [3.8, 4) is 0 Å². The van der Waals surface area contributed by atoms with E-state index in [1.165, 1.54) is 4.88 Å². The van der Waals surface area contributed by atoms with Crippen LogP contribution in [0.1, 0.15) is 4.88 Å². The molecule has 0 atom stereocenters. The van der Waals surface area contributed by atoms with Crippen LogP contribution in [0.15, 0.2) is 27.5 Å². The molecule has 0 saturated carbocycles. The van der Waals surface area contributed by atoms with Crippen LogP contribution in [0.5, 0.6) is 0 Å². The summed E-state index contributed by atoms with van der Waals surface area (Å²) < 4.78 is 1.16. The summed E-state index contributed by atoms with van der Waals surface area (Å²) in [4.78, 5) is 1.29. The zero-order valence-corrected chi connectivity index (χ0v) is 9.60. The van der Waals surface area contributed by atoms with Gasteiger partial charge in [0.1, 0.15) is 0 Å². The molecule has 0 amide bonds. The molecule has 1 heterocycles. The Balaban J connectivity index is 2.29. The summed E-state index contributed by atoms with van der Waals surface area (Å²) in [5.74, 6) is 0. The van der Waals surface area contributed by atoms with Crippen molar-refractivity contribution in [1.82, 2.24) is 5.32 Å². The van der Waals surface area contributed by atoms with E-state index >= 15 is 0 Å². The lowest BCUT2D eigenvalue weighted by molar-refractivity contribution is 0.765.